The predicted molar refractivity (Wildman–Crippen MR) is 61.4 cm³/mol. The number of esters is 1. The van der Waals surface area contributed by atoms with Crippen LogP contribution in [0.4, 0.5) is 0 Å². The van der Waals surface area contributed by atoms with E-state index in [9.17, 15) is 4.79 Å². The molecule has 0 saturated carbocycles. The quantitative estimate of drug-likeness (QED) is 0.742. The van der Waals surface area contributed by atoms with Crippen LogP contribution >= 0.6 is 0 Å². The van der Waals surface area contributed by atoms with Crippen molar-refractivity contribution in [3.05, 3.63) is 30.1 Å². The van der Waals surface area contributed by atoms with Crippen LogP contribution in [0.5, 0.6) is 0 Å². The van der Waals surface area contributed by atoms with Gasteiger partial charge in [-0.1, -0.05) is 0 Å². The average Bonchev–Trinajstić information content (AvgIpc) is 2.71. The van der Waals surface area contributed by atoms with Gasteiger partial charge in [0.2, 0.25) is 0 Å². The second-order valence-electron chi connectivity index (χ2n) is 3.46. The van der Waals surface area contributed by atoms with E-state index in [1.807, 2.05) is 22.9 Å². The van der Waals surface area contributed by atoms with Gasteiger partial charge in [0, 0.05) is 24.3 Å². The fourth-order valence-corrected chi connectivity index (χ4v) is 1.66. The lowest BCUT2D eigenvalue weighted by molar-refractivity contribution is 0.0526. The van der Waals surface area contributed by atoms with E-state index in [0.717, 1.165) is 17.6 Å². The van der Waals surface area contributed by atoms with E-state index in [1.165, 1.54) is 0 Å². The highest BCUT2D eigenvalue weighted by Gasteiger charge is 2.09. The summed E-state index contributed by atoms with van der Waals surface area (Å²) in [6, 6.07) is 3.76. The van der Waals surface area contributed by atoms with Crippen molar-refractivity contribution in [2.45, 2.75) is 20.4 Å². The third-order valence-electron chi connectivity index (χ3n) is 2.45. The highest BCUT2D eigenvalue weighted by atomic mass is 16.5. The summed E-state index contributed by atoms with van der Waals surface area (Å²) in [5, 5.41) is 0.965. The fourth-order valence-electron chi connectivity index (χ4n) is 1.66. The van der Waals surface area contributed by atoms with Crippen LogP contribution in [-0.4, -0.2) is 22.1 Å². The van der Waals surface area contributed by atoms with Crippen LogP contribution in [0.1, 0.15) is 24.2 Å². The molecule has 0 radical (unpaired) electrons. The Bertz CT molecular complexity index is 517. The number of nitrogens with zero attached hydrogens (tertiary/aromatic N) is 2. The highest BCUT2D eigenvalue weighted by molar-refractivity contribution is 5.93. The molecule has 0 spiro atoms. The molecule has 0 aliphatic rings. The molecule has 0 amide bonds. The second kappa shape index (κ2) is 4.35. The molecular formula is C12H14N2O2. The van der Waals surface area contributed by atoms with Crippen LogP contribution in [0.15, 0.2) is 24.5 Å². The zero-order valence-corrected chi connectivity index (χ0v) is 9.43. The number of hydrogen-bond donors (Lipinski definition) is 0. The molecule has 0 aliphatic heterocycles. The summed E-state index contributed by atoms with van der Waals surface area (Å²) in [5.74, 6) is -0.318. The van der Waals surface area contributed by atoms with Gasteiger partial charge in [-0.25, -0.2) is 9.78 Å². The van der Waals surface area contributed by atoms with Gasteiger partial charge < -0.3 is 9.30 Å². The summed E-state index contributed by atoms with van der Waals surface area (Å²) < 4.78 is 6.96. The number of fused-ring (bicyclic) bond motifs is 1. The summed E-state index contributed by atoms with van der Waals surface area (Å²) in [4.78, 5) is 15.8. The minimum absolute atomic E-state index is 0.318. The van der Waals surface area contributed by atoms with Crippen molar-refractivity contribution in [3.63, 3.8) is 0 Å². The van der Waals surface area contributed by atoms with Crippen molar-refractivity contribution in [3.8, 4) is 0 Å². The predicted octanol–water partition coefficient (Wildman–Crippen LogP) is 2.23. The average molecular weight is 218 g/mol. The molecule has 0 aliphatic carbocycles. The van der Waals surface area contributed by atoms with Crippen LogP contribution in [0.3, 0.4) is 0 Å². The normalized spacial score (nSPS) is 10.6. The SMILES string of the molecule is CCOC(=O)c1cnc2c(ccn2CC)c1. The van der Waals surface area contributed by atoms with Gasteiger partial charge in [0.1, 0.15) is 5.65 Å². The van der Waals surface area contributed by atoms with Crippen molar-refractivity contribution < 1.29 is 9.53 Å². The molecule has 4 heteroatoms. The molecule has 0 aromatic carbocycles. The number of aromatic nitrogens is 2. The lowest BCUT2D eigenvalue weighted by Gasteiger charge is -2.02. The Morgan fingerprint density at radius 3 is 3.00 bits per heavy atom. The fraction of sp³-hybridized carbons (Fsp3) is 0.333. The van der Waals surface area contributed by atoms with Gasteiger partial charge in [0.25, 0.3) is 0 Å². The van der Waals surface area contributed by atoms with Crippen LogP contribution in [0.2, 0.25) is 0 Å². The first-order valence-corrected chi connectivity index (χ1v) is 5.38. The first kappa shape index (κ1) is 10.7. The van der Waals surface area contributed by atoms with Crippen LogP contribution in [0, 0.1) is 0 Å². The number of carbonyl (C=O) groups excluding carboxylic acids is 1. The van der Waals surface area contributed by atoms with E-state index >= 15 is 0 Å². The lowest BCUT2D eigenvalue weighted by atomic mass is 10.2. The van der Waals surface area contributed by atoms with Crippen LogP contribution in [-0.2, 0) is 11.3 Å². The molecule has 0 atom stereocenters. The monoisotopic (exact) mass is 218 g/mol. The Kier molecular flexibility index (Phi) is 2.90. The number of rotatable bonds is 3. The maximum absolute atomic E-state index is 11.5. The molecule has 0 N–H and O–H groups in total. The maximum atomic E-state index is 11.5. The van der Waals surface area contributed by atoms with Gasteiger partial charge >= 0.3 is 5.97 Å². The number of ether oxygens (including phenoxy) is 1. The zero-order valence-electron chi connectivity index (χ0n) is 9.43. The number of carbonyl (C=O) groups is 1. The largest absolute Gasteiger partial charge is 0.462 e. The maximum Gasteiger partial charge on any atom is 0.339 e. The van der Waals surface area contributed by atoms with Gasteiger partial charge in [-0.05, 0) is 26.0 Å². The number of pyridine rings is 1. The summed E-state index contributed by atoms with van der Waals surface area (Å²) in [6.07, 6.45) is 3.53. The molecule has 84 valence electrons. The van der Waals surface area contributed by atoms with Crippen molar-refractivity contribution in [1.82, 2.24) is 9.55 Å². The van der Waals surface area contributed by atoms with Crippen molar-refractivity contribution in [2.24, 2.45) is 0 Å². The summed E-state index contributed by atoms with van der Waals surface area (Å²) in [7, 11) is 0. The van der Waals surface area contributed by atoms with Crippen molar-refractivity contribution >= 4 is 17.0 Å². The standard InChI is InChI=1S/C12H14N2O2/c1-3-14-6-5-9-7-10(8-13-11(9)14)12(15)16-4-2/h5-8H,3-4H2,1-2H3. The third kappa shape index (κ3) is 1.78. The Balaban J connectivity index is 2.41. The van der Waals surface area contributed by atoms with Gasteiger partial charge in [-0.2, -0.15) is 0 Å². The van der Waals surface area contributed by atoms with E-state index in [0.29, 0.717) is 12.2 Å². The Labute approximate surface area is 93.9 Å². The summed E-state index contributed by atoms with van der Waals surface area (Å²) >= 11 is 0. The molecular weight excluding hydrogens is 204 g/mol. The number of aryl methyl sites for hydroxylation is 1. The smallest absolute Gasteiger partial charge is 0.339 e. The lowest BCUT2D eigenvalue weighted by Crippen LogP contribution is -2.05. The van der Waals surface area contributed by atoms with Crippen LogP contribution in [0.25, 0.3) is 11.0 Å². The Hall–Kier alpha value is -1.84. The molecule has 0 unspecified atom stereocenters. The molecule has 0 fully saturated rings. The molecule has 2 aromatic rings. The highest BCUT2D eigenvalue weighted by Crippen LogP contribution is 2.15. The van der Waals surface area contributed by atoms with Gasteiger partial charge in [-0.3, -0.25) is 0 Å². The van der Waals surface area contributed by atoms with E-state index < -0.39 is 0 Å². The van der Waals surface area contributed by atoms with Gasteiger partial charge in [-0.15, -0.1) is 0 Å². The molecule has 2 aromatic heterocycles. The molecule has 0 saturated heterocycles. The minimum Gasteiger partial charge on any atom is -0.462 e. The molecule has 2 heterocycles. The summed E-state index contributed by atoms with van der Waals surface area (Å²) in [5.41, 5.74) is 1.40. The number of hydrogen-bond acceptors (Lipinski definition) is 3. The zero-order chi connectivity index (χ0) is 11.5. The van der Waals surface area contributed by atoms with Gasteiger partial charge in [0.05, 0.1) is 12.2 Å². The first-order chi connectivity index (χ1) is 7.76. The van der Waals surface area contributed by atoms with Crippen molar-refractivity contribution in [2.75, 3.05) is 6.61 Å². The third-order valence-corrected chi connectivity index (χ3v) is 2.45. The topological polar surface area (TPSA) is 44.1 Å². The van der Waals surface area contributed by atoms with E-state index in [1.54, 1.807) is 13.1 Å². The Morgan fingerprint density at radius 1 is 1.50 bits per heavy atom. The summed E-state index contributed by atoms with van der Waals surface area (Å²) in [6.45, 7) is 5.10. The van der Waals surface area contributed by atoms with Crippen LogP contribution < -0.4 is 0 Å². The van der Waals surface area contributed by atoms with Crippen molar-refractivity contribution in [1.29, 1.82) is 0 Å². The van der Waals surface area contributed by atoms with E-state index in [-0.39, 0.29) is 5.97 Å². The minimum atomic E-state index is -0.318. The molecule has 0 bridgehead atoms. The molecule has 4 nitrogen and oxygen atoms in total. The Morgan fingerprint density at radius 2 is 2.31 bits per heavy atom. The molecule has 2 rings (SSSR count). The van der Waals surface area contributed by atoms with Gasteiger partial charge in [0.15, 0.2) is 0 Å². The van der Waals surface area contributed by atoms with E-state index in [2.05, 4.69) is 11.9 Å². The first-order valence-electron chi connectivity index (χ1n) is 5.38. The molecule has 16 heavy (non-hydrogen) atoms. The van der Waals surface area contributed by atoms with E-state index in [4.69, 9.17) is 4.74 Å². The second-order valence-corrected chi connectivity index (χ2v) is 3.46.